The van der Waals surface area contributed by atoms with E-state index < -0.39 is 51.2 Å². The molecule has 14 heteroatoms. The van der Waals surface area contributed by atoms with Gasteiger partial charge in [0.2, 0.25) is 5.82 Å². The minimum atomic E-state index is -4.23. The Bertz CT molecular complexity index is 1450. The molecule has 4 rings (SSSR count). The number of aromatic nitrogens is 4. The summed E-state index contributed by atoms with van der Waals surface area (Å²) in [5, 5.41) is 11.1. The molecule has 0 aliphatic heterocycles. The van der Waals surface area contributed by atoms with Gasteiger partial charge in [0, 0.05) is 0 Å². The second kappa shape index (κ2) is 7.55. The third kappa shape index (κ3) is 3.36. The Balaban J connectivity index is 1.73. The second-order valence-electron chi connectivity index (χ2n) is 6.75. The topological polar surface area (TPSA) is 103 Å². The molecule has 0 radical (unpaired) electrons. The molecule has 0 unspecified atom stereocenters. The van der Waals surface area contributed by atoms with Gasteiger partial charge >= 0.3 is 0 Å². The fourth-order valence-corrected chi connectivity index (χ4v) is 4.45. The van der Waals surface area contributed by atoms with Gasteiger partial charge in [-0.3, -0.25) is 9.40 Å². The van der Waals surface area contributed by atoms with E-state index in [1.807, 2.05) is 0 Å². The molecular weight excluding hydrogens is 461 g/mol. The van der Waals surface area contributed by atoms with Gasteiger partial charge in [-0.1, -0.05) is 6.07 Å². The molecule has 0 aliphatic carbocycles. The van der Waals surface area contributed by atoms with Gasteiger partial charge in [0.05, 0.1) is 29.2 Å². The van der Waals surface area contributed by atoms with Crippen LogP contribution in [0.25, 0.3) is 11.0 Å². The lowest BCUT2D eigenvalue weighted by Crippen LogP contribution is -2.15. The highest BCUT2D eigenvalue weighted by atomic mass is 32.2. The molecule has 0 amide bonds. The van der Waals surface area contributed by atoms with E-state index in [1.165, 1.54) is 32.0 Å². The van der Waals surface area contributed by atoms with Gasteiger partial charge in [-0.05, 0) is 36.3 Å². The molecule has 0 fully saturated rings. The molecule has 8 nitrogen and oxygen atoms in total. The van der Waals surface area contributed by atoms with Crippen LogP contribution in [0.5, 0.6) is 0 Å². The Morgan fingerprint density at radius 1 is 0.969 bits per heavy atom. The second-order valence-corrected chi connectivity index (χ2v) is 8.40. The summed E-state index contributed by atoms with van der Waals surface area (Å²) in [5.41, 5.74) is -0.810. The predicted octanol–water partition coefficient (Wildman–Crippen LogP) is 3.58. The predicted molar refractivity (Wildman–Crippen MR) is 99.6 cm³/mol. The Labute approximate surface area is 176 Å². The molecule has 2 heterocycles. The van der Waals surface area contributed by atoms with Gasteiger partial charge in [-0.15, -0.1) is 0 Å². The fraction of sp³-hybridized carbons (Fsp3) is 0.167. The molecule has 0 spiro atoms. The summed E-state index contributed by atoms with van der Waals surface area (Å²) >= 11 is 0. The molecule has 4 aromatic rings. The van der Waals surface area contributed by atoms with Crippen molar-refractivity contribution in [2.45, 2.75) is 25.3 Å². The molecule has 2 aromatic carbocycles. The average Bonchev–Trinajstić information content (AvgIpc) is 3.33. The lowest BCUT2D eigenvalue weighted by molar-refractivity contribution is 0.315. The zero-order valence-electron chi connectivity index (χ0n) is 16.3. The maximum Gasteiger partial charge on any atom is 0.264 e. The lowest BCUT2D eigenvalue weighted by atomic mass is 10.1. The Morgan fingerprint density at radius 3 is 2.25 bits per heavy atom. The van der Waals surface area contributed by atoms with Crippen molar-refractivity contribution >= 4 is 26.7 Å². The van der Waals surface area contributed by atoms with Gasteiger partial charge in [0.15, 0.2) is 28.8 Å². The van der Waals surface area contributed by atoms with E-state index >= 15 is 0 Å². The first-order valence-electron chi connectivity index (χ1n) is 8.81. The SMILES string of the molecule is Cc1nn(Cc2c(F)c(F)c(F)c(F)c2F)c(C)c1NS(=O)(=O)c1cccc2nonc12. The number of aryl methyl sites for hydroxylation is 1. The van der Waals surface area contributed by atoms with Crippen LogP contribution in [0.15, 0.2) is 27.7 Å². The third-order valence-electron chi connectivity index (χ3n) is 4.77. The number of sulfonamides is 1. The highest BCUT2D eigenvalue weighted by molar-refractivity contribution is 7.93. The molecule has 0 bridgehead atoms. The Morgan fingerprint density at radius 2 is 1.59 bits per heavy atom. The number of nitrogens with zero attached hydrogens (tertiary/aromatic N) is 4. The normalized spacial score (nSPS) is 12.0. The van der Waals surface area contributed by atoms with Crippen molar-refractivity contribution in [2.75, 3.05) is 4.72 Å². The number of nitrogens with one attached hydrogen (secondary N) is 1. The van der Waals surface area contributed by atoms with Gasteiger partial charge in [-0.2, -0.15) is 5.10 Å². The van der Waals surface area contributed by atoms with Crippen LogP contribution in [0, 0.1) is 42.9 Å². The van der Waals surface area contributed by atoms with E-state index in [0.717, 1.165) is 4.68 Å². The molecule has 0 saturated heterocycles. The summed E-state index contributed by atoms with van der Waals surface area (Å²) in [4.78, 5) is -0.248. The molecule has 0 atom stereocenters. The van der Waals surface area contributed by atoms with Crippen molar-refractivity contribution < 1.29 is 35.0 Å². The first kappa shape index (κ1) is 21.7. The molecule has 0 saturated carbocycles. The van der Waals surface area contributed by atoms with E-state index in [1.54, 1.807) is 0 Å². The molecule has 2 aromatic heterocycles. The minimum absolute atomic E-state index is 0.0240. The molecule has 168 valence electrons. The van der Waals surface area contributed by atoms with Crippen molar-refractivity contribution in [3.63, 3.8) is 0 Å². The number of anilines is 1. The molecule has 32 heavy (non-hydrogen) atoms. The Kier molecular flexibility index (Phi) is 5.11. The average molecular weight is 473 g/mol. The third-order valence-corrected chi connectivity index (χ3v) is 6.15. The van der Waals surface area contributed by atoms with Crippen LogP contribution in [0.3, 0.4) is 0 Å². The van der Waals surface area contributed by atoms with Crippen molar-refractivity contribution in [3.05, 3.63) is 64.2 Å². The van der Waals surface area contributed by atoms with E-state index in [0.29, 0.717) is 0 Å². The zero-order chi connectivity index (χ0) is 23.4. The van der Waals surface area contributed by atoms with Gasteiger partial charge in [-0.25, -0.2) is 35.0 Å². The van der Waals surface area contributed by atoms with Crippen LogP contribution in [-0.4, -0.2) is 28.5 Å². The van der Waals surface area contributed by atoms with Crippen molar-refractivity contribution in [1.82, 2.24) is 20.1 Å². The van der Waals surface area contributed by atoms with Gasteiger partial charge in [0.1, 0.15) is 10.4 Å². The number of rotatable bonds is 5. The van der Waals surface area contributed by atoms with Crippen molar-refractivity contribution in [1.29, 1.82) is 0 Å². The van der Waals surface area contributed by atoms with E-state index in [4.69, 9.17) is 0 Å². The molecule has 1 N–H and O–H groups in total. The van der Waals surface area contributed by atoms with Crippen LogP contribution >= 0.6 is 0 Å². The highest BCUT2D eigenvalue weighted by Gasteiger charge is 2.28. The number of fused-ring (bicyclic) bond motifs is 1. The van der Waals surface area contributed by atoms with E-state index in [-0.39, 0.29) is 33.0 Å². The maximum absolute atomic E-state index is 14.0. The summed E-state index contributed by atoms with van der Waals surface area (Å²) in [5.74, 6) is -10.4. The van der Waals surface area contributed by atoms with Crippen LogP contribution in [0.4, 0.5) is 27.6 Å². The van der Waals surface area contributed by atoms with Crippen LogP contribution in [0.2, 0.25) is 0 Å². The lowest BCUT2D eigenvalue weighted by Gasteiger charge is -2.11. The standard InChI is InChI=1S/C18H12F5N5O3S/c1-7-17(27-32(29,30)11-5-3-4-10-18(11)26-31-25-10)8(2)28(24-7)6-9-12(19)14(21)16(23)15(22)13(9)20/h3-5,27H,6H2,1-2H3. The first-order chi connectivity index (χ1) is 15.0. The van der Waals surface area contributed by atoms with Crippen molar-refractivity contribution in [2.24, 2.45) is 0 Å². The van der Waals surface area contributed by atoms with Crippen molar-refractivity contribution in [3.8, 4) is 0 Å². The summed E-state index contributed by atoms with van der Waals surface area (Å²) in [6.07, 6.45) is 0. The van der Waals surface area contributed by atoms with Gasteiger partial charge < -0.3 is 0 Å². The van der Waals surface area contributed by atoms with Gasteiger partial charge in [0.25, 0.3) is 10.0 Å². The summed E-state index contributed by atoms with van der Waals surface area (Å²) in [6.45, 7) is 1.93. The highest BCUT2D eigenvalue weighted by Crippen LogP contribution is 2.28. The number of halogens is 5. The van der Waals surface area contributed by atoms with Crippen LogP contribution in [0.1, 0.15) is 17.0 Å². The first-order valence-corrected chi connectivity index (χ1v) is 10.3. The number of hydrogen-bond acceptors (Lipinski definition) is 6. The fourth-order valence-electron chi connectivity index (χ4n) is 3.13. The van der Waals surface area contributed by atoms with E-state index in [9.17, 15) is 30.4 Å². The van der Waals surface area contributed by atoms with Crippen LogP contribution < -0.4 is 4.72 Å². The molecular formula is C18H12F5N5O3S. The maximum atomic E-state index is 14.0. The quantitative estimate of drug-likeness (QED) is 0.270. The summed E-state index contributed by atoms with van der Waals surface area (Å²) in [7, 11) is -4.23. The number of hydrogen-bond donors (Lipinski definition) is 1. The zero-order valence-corrected chi connectivity index (χ0v) is 17.1. The summed E-state index contributed by atoms with van der Waals surface area (Å²) < 4.78 is 102. The van der Waals surface area contributed by atoms with E-state index in [2.05, 4.69) is 24.8 Å². The smallest absolute Gasteiger partial charge is 0.264 e. The minimum Gasteiger partial charge on any atom is -0.276 e. The van der Waals surface area contributed by atoms with Crippen LogP contribution in [-0.2, 0) is 16.6 Å². The number of benzene rings is 2. The summed E-state index contributed by atoms with van der Waals surface area (Å²) in [6, 6.07) is 4.18. The molecule has 0 aliphatic rings. The Hall–Kier alpha value is -3.55. The monoisotopic (exact) mass is 473 g/mol. The largest absolute Gasteiger partial charge is 0.276 e.